The summed E-state index contributed by atoms with van der Waals surface area (Å²) in [6, 6.07) is 6.21. The van der Waals surface area contributed by atoms with E-state index in [-0.39, 0.29) is 18.2 Å². The Bertz CT molecular complexity index is 1310. The van der Waals surface area contributed by atoms with E-state index < -0.39 is 17.4 Å². The molecule has 2 aliphatic rings. The number of aryl methyl sites for hydroxylation is 2. The lowest BCUT2D eigenvalue weighted by Crippen LogP contribution is -2.47. The van der Waals surface area contributed by atoms with E-state index in [2.05, 4.69) is 27.9 Å². The molecule has 1 amide bonds. The van der Waals surface area contributed by atoms with E-state index >= 15 is 0 Å². The number of carbonyl (C=O) groups excluding carboxylic acids is 1. The quantitative estimate of drug-likeness (QED) is 0.385. The molecule has 9 nitrogen and oxygen atoms in total. The van der Waals surface area contributed by atoms with Gasteiger partial charge >= 0.3 is 6.09 Å². The van der Waals surface area contributed by atoms with Crippen molar-refractivity contribution in [2.75, 3.05) is 13.7 Å². The third-order valence-corrected chi connectivity index (χ3v) is 7.76. The van der Waals surface area contributed by atoms with Gasteiger partial charge in [0.05, 0.1) is 29.4 Å². The first-order valence-electron chi connectivity index (χ1n) is 13.5. The number of nitrogens with zero attached hydrogens (tertiary/aromatic N) is 4. The molecule has 1 atom stereocenters. The van der Waals surface area contributed by atoms with Crippen LogP contribution in [0.4, 0.5) is 4.79 Å². The number of methoxy groups -OCH3 is 1. The highest BCUT2D eigenvalue weighted by molar-refractivity contribution is 5.84. The first-order chi connectivity index (χ1) is 17.9. The summed E-state index contributed by atoms with van der Waals surface area (Å²) < 4.78 is 25.4. The van der Waals surface area contributed by atoms with Crippen LogP contribution in [0.15, 0.2) is 22.7 Å². The molecule has 0 unspecified atom stereocenters. The first-order valence-corrected chi connectivity index (χ1v) is 13.5. The van der Waals surface area contributed by atoms with Gasteiger partial charge in [-0.1, -0.05) is 11.2 Å². The Labute approximate surface area is 224 Å². The van der Waals surface area contributed by atoms with Crippen LogP contribution in [0.1, 0.15) is 89.7 Å². The van der Waals surface area contributed by atoms with Crippen LogP contribution in [-0.4, -0.2) is 56.8 Å². The van der Waals surface area contributed by atoms with E-state index in [1.54, 1.807) is 12.0 Å². The highest BCUT2D eigenvalue weighted by Gasteiger charge is 2.48. The van der Waals surface area contributed by atoms with Crippen molar-refractivity contribution < 1.29 is 23.5 Å². The monoisotopic (exact) mass is 524 g/mol. The smallest absolute Gasteiger partial charge is 0.413 e. The molecule has 0 N–H and O–H groups in total. The number of imidazole rings is 1. The SMILES string of the molecule is CO[C@H]1CC[C@H](n2c([C@@H]3COC(C)(C)N3C(=O)OC(C)(C)C)nc3cc(-c4c(C)noc4C)ccc32)CC1. The van der Waals surface area contributed by atoms with Crippen LogP contribution in [0.3, 0.4) is 0 Å². The van der Waals surface area contributed by atoms with Gasteiger partial charge in [-0.15, -0.1) is 0 Å². The maximum atomic E-state index is 13.5. The summed E-state index contributed by atoms with van der Waals surface area (Å²) in [7, 11) is 1.79. The minimum Gasteiger partial charge on any atom is -0.444 e. The van der Waals surface area contributed by atoms with Gasteiger partial charge in [0, 0.05) is 18.7 Å². The fraction of sp³-hybridized carbons (Fsp3) is 0.621. The van der Waals surface area contributed by atoms with Crippen LogP contribution in [-0.2, 0) is 14.2 Å². The molecule has 5 rings (SSSR count). The molecule has 1 aliphatic carbocycles. The largest absolute Gasteiger partial charge is 0.444 e. The third-order valence-electron chi connectivity index (χ3n) is 7.76. The molecule has 9 heteroatoms. The Morgan fingerprint density at radius 1 is 1.13 bits per heavy atom. The highest BCUT2D eigenvalue weighted by Crippen LogP contribution is 2.42. The third kappa shape index (κ3) is 4.82. The van der Waals surface area contributed by atoms with Crippen LogP contribution in [0.5, 0.6) is 0 Å². The number of hydrogen-bond acceptors (Lipinski definition) is 7. The zero-order valence-electron chi connectivity index (χ0n) is 23.8. The number of hydrogen-bond donors (Lipinski definition) is 0. The van der Waals surface area contributed by atoms with Crippen LogP contribution >= 0.6 is 0 Å². The lowest BCUT2D eigenvalue weighted by molar-refractivity contribution is -0.0630. The second-order valence-electron chi connectivity index (χ2n) is 12.0. The molecule has 38 heavy (non-hydrogen) atoms. The van der Waals surface area contributed by atoms with E-state index in [1.807, 2.05) is 48.5 Å². The molecule has 2 aromatic heterocycles. The molecule has 1 saturated heterocycles. The number of ether oxygens (including phenoxy) is 3. The van der Waals surface area contributed by atoms with Gasteiger partial charge in [0.2, 0.25) is 0 Å². The van der Waals surface area contributed by atoms with Gasteiger partial charge in [0.1, 0.15) is 29.0 Å². The van der Waals surface area contributed by atoms with Crippen molar-refractivity contribution in [3.8, 4) is 11.1 Å². The molecule has 1 aliphatic heterocycles. The van der Waals surface area contributed by atoms with Gasteiger partial charge in [-0.3, -0.25) is 4.90 Å². The second-order valence-corrected chi connectivity index (χ2v) is 12.0. The van der Waals surface area contributed by atoms with E-state index in [9.17, 15) is 4.79 Å². The first kappa shape index (κ1) is 26.7. The Morgan fingerprint density at radius 2 is 1.84 bits per heavy atom. The average molecular weight is 525 g/mol. The minimum atomic E-state index is -0.828. The Kier molecular flexibility index (Phi) is 6.80. The summed E-state index contributed by atoms with van der Waals surface area (Å²) in [4.78, 5) is 20.4. The normalized spacial score (nSPS) is 23.8. The number of rotatable bonds is 4. The summed E-state index contributed by atoms with van der Waals surface area (Å²) in [5.41, 5.74) is 3.32. The van der Waals surface area contributed by atoms with Gasteiger partial charge in [-0.25, -0.2) is 9.78 Å². The van der Waals surface area contributed by atoms with Gasteiger partial charge < -0.3 is 23.3 Å². The summed E-state index contributed by atoms with van der Waals surface area (Å²) in [5.74, 6) is 1.61. The van der Waals surface area contributed by atoms with Crippen molar-refractivity contribution in [1.82, 2.24) is 19.6 Å². The Balaban J connectivity index is 1.63. The zero-order chi connectivity index (χ0) is 27.4. The minimum absolute atomic E-state index is 0.246. The summed E-state index contributed by atoms with van der Waals surface area (Å²) in [5, 5.41) is 4.13. The molecule has 2 fully saturated rings. The van der Waals surface area contributed by atoms with Crippen LogP contribution in [0, 0.1) is 13.8 Å². The van der Waals surface area contributed by atoms with Crippen molar-refractivity contribution in [3.05, 3.63) is 35.5 Å². The molecule has 0 radical (unpaired) electrons. The summed E-state index contributed by atoms with van der Waals surface area (Å²) in [6.45, 7) is 13.7. The van der Waals surface area contributed by atoms with Crippen LogP contribution < -0.4 is 0 Å². The topological polar surface area (TPSA) is 91.9 Å². The standard InChI is InChI=1S/C29H40N4O5/c1-17-25(18(2)38-31-17)19-9-14-23-22(15-19)30-26(32(23)20-10-12-21(35-8)13-11-20)24-16-36-29(6,7)33(24)27(34)37-28(3,4)5/h9,14-15,20-21,24H,10-13,16H2,1-8H3/t20-,21-,24-/m0/s1. The van der Waals surface area contributed by atoms with Crippen LogP contribution in [0.25, 0.3) is 22.2 Å². The molecular weight excluding hydrogens is 484 g/mol. The predicted molar refractivity (Wildman–Crippen MR) is 144 cm³/mol. The number of carbonyl (C=O) groups is 1. The number of aromatic nitrogens is 3. The van der Waals surface area contributed by atoms with E-state index in [4.69, 9.17) is 23.7 Å². The van der Waals surface area contributed by atoms with Crippen molar-refractivity contribution >= 4 is 17.1 Å². The maximum Gasteiger partial charge on any atom is 0.413 e. The predicted octanol–water partition coefficient (Wildman–Crippen LogP) is 6.48. The molecule has 3 aromatic rings. The number of amides is 1. The number of benzene rings is 1. The lowest BCUT2D eigenvalue weighted by atomic mass is 9.92. The molecule has 0 bridgehead atoms. The van der Waals surface area contributed by atoms with Crippen molar-refractivity contribution in [2.24, 2.45) is 0 Å². The van der Waals surface area contributed by atoms with E-state index in [1.165, 1.54) is 0 Å². The fourth-order valence-corrected chi connectivity index (χ4v) is 5.98. The van der Waals surface area contributed by atoms with E-state index in [0.717, 1.165) is 65.1 Å². The van der Waals surface area contributed by atoms with Crippen molar-refractivity contribution in [2.45, 2.75) is 104 Å². The molecule has 0 spiro atoms. The Morgan fingerprint density at radius 3 is 2.45 bits per heavy atom. The van der Waals surface area contributed by atoms with Gasteiger partial charge in [0.25, 0.3) is 0 Å². The molecular formula is C29H40N4O5. The highest BCUT2D eigenvalue weighted by atomic mass is 16.6. The zero-order valence-corrected chi connectivity index (χ0v) is 23.8. The van der Waals surface area contributed by atoms with Crippen molar-refractivity contribution in [3.63, 3.8) is 0 Å². The molecule has 1 aromatic carbocycles. The summed E-state index contributed by atoms with van der Waals surface area (Å²) >= 11 is 0. The molecule has 3 heterocycles. The van der Waals surface area contributed by atoms with Gasteiger partial charge in [-0.05, 0) is 91.8 Å². The maximum absolute atomic E-state index is 13.5. The molecule has 1 saturated carbocycles. The van der Waals surface area contributed by atoms with Crippen LogP contribution in [0.2, 0.25) is 0 Å². The fourth-order valence-electron chi connectivity index (χ4n) is 5.98. The van der Waals surface area contributed by atoms with Crippen molar-refractivity contribution in [1.29, 1.82) is 0 Å². The summed E-state index contributed by atoms with van der Waals surface area (Å²) in [6.07, 6.45) is 3.81. The lowest BCUT2D eigenvalue weighted by Gasteiger charge is -2.36. The molecule has 206 valence electrons. The van der Waals surface area contributed by atoms with Gasteiger partial charge in [0.15, 0.2) is 0 Å². The van der Waals surface area contributed by atoms with E-state index in [0.29, 0.717) is 6.61 Å². The van der Waals surface area contributed by atoms with Gasteiger partial charge in [-0.2, -0.15) is 0 Å². The Hall–Kier alpha value is -2.91. The average Bonchev–Trinajstić information content (AvgIpc) is 3.49. The number of fused-ring (bicyclic) bond motifs is 1. The second kappa shape index (κ2) is 9.68.